The second-order valence-electron chi connectivity index (χ2n) is 2.96. The van der Waals surface area contributed by atoms with Crippen LogP contribution in [0.15, 0.2) is 29.2 Å². The van der Waals surface area contributed by atoms with Crippen LogP contribution >= 0.6 is 15.9 Å². The first-order valence-corrected chi connectivity index (χ1v) is 6.66. The standard InChI is InChI=1S/C9H11BrO2S/c1-7(10)8-4-3-5-9(6-8)13(2,11)12/h3-7H,1-2H3/t7-/m0/s1. The molecule has 2 nitrogen and oxygen atoms in total. The Bertz CT molecular complexity index is 396. The molecule has 0 unspecified atom stereocenters. The summed E-state index contributed by atoms with van der Waals surface area (Å²) in [6.07, 6.45) is 1.21. The number of alkyl halides is 1. The Morgan fingerprint density at radius 3 is 2.46 bits per heavy atom. The Kier molecular flexibility index (Phi) is 3.14. The molecule has 1 aromatic carbocycles. The molecule has 0 aromatic heterocycles. The molecule has 1 aromatic rings. The fraction of sp³-hybridized carbons (Fsp3) is 0.333. The maximum atomic E-state index is 11.2. The predicted molar refractivity (Wildman–Crippen MR) is 56.9 cm³/mol. The highest BCUT2D eigenvalue weighted by molar-refractivity contribution is 9.09. The molecular weight excluding hydrogens is 252 g/mol. The third-order valence-corrected chi connectivity index (χ3v) is 3.38. The molecule has 1 atom stereocenters. The highest BCUT2D eigenvalue weighted by Crippen LogP contribution is 2.23. The fourth-order valence-electron chi connectivity index (χ4n) is 0.993. The SMILES string of the molecule is C[C@H](Br)c1cccc(S(C)(=O)=O)c1. The van der Waals surface area contributed by atoms with Gasteiger partial charge in [-0.15, -0.1) is 0 Å². The molecule has 0 aliphatic rings. The molecule has 0 amide bonds. The summed E-state index contributed by atoms with van der Waals surface area (Å²) < 4.78 is 22.4. The summed E-state index contributed by atoms with van der Waals surface area (Å²) in [5.74, 6) is 0. The summed E-state index contributed by atoms with van der Waals surface area (Å²) in [7, 11) is -3.08. The van der Waals surface area contributed by atoms with Crippen molar-refractivity contribution in [2.75, 3.05) is 6.26 Å². The van der Waals surface area contributed by atoms with Crippen molar-refractivity contribution < 1.29 is 8.42 Å². The van der Waals surface area contributed by atoms with E-state index in [1.165, 1.54) is 6.26 Å². The Balaban J connectivity index is 3.21. The predicted octanol–water partition coefficient (Wildman–Crippen LogP) is 2.55. The minimum absolute atomic E-state index is 0.175. The van der Waals surface area contributed by atoms with Crippen molar-refractivity contribution in [1.82, 2.24) is 0 Å². The summed E-state index contributed by atoms with van der Waals surface area (Å²) in [4.78, 5) is 0.547. The normalized spacial score (nSPS) is 14.1. The van der Waals surface area contributed by atoms with Gasteiger partial charge in [0.1, 0.15) is 0 Å². The highest BCUT2D eigenvalue weighted by atomic mass is 79.9. The van der Waals surface area contributed by atoms with Crippen LogP contribution in [0.1, 0.15) is 17.3 Å². The molecule has 0 bridgehead atoms. The molecule has 0 aliphatic heterocycles. The maximum Gasteiger partial charge on any atom is 0.175 e. The number of halogens is 1. The molecule has 0 heterocycles. The quantitative estimate of drug-likeness (QED) is 0.768. The van der Waals surface area contributed by atoms with E-state index in [0.29, 0.717) is 4.90 Å². The van der Waals surface area contributed by atoms with Crippen LogP contribution < -0.4 is 0 Å². The first-order valence-electron chi connectivity index (χ1n) is 3.85. The van der Waals surface area contributed by atoms with Gasteiger partial charge in [0.25, 0.3) is 0 Å². The van der Waals surface area contributed by atoms with Gasteiger partial charge in [0.2, 0.25) is 0 Å². The number of benzene rings is 1. The molecule has 0 saturated carbocycles. The van der Waals surface area contributed by atoms with Crippen LogP contribution in [0.3, 0.4) is 0 Å². The fourth-order valence-corrected chi connectivity index (χ4v) is 1.95. The summed E-state index contributed by atoms with van der Waals surface area (Å²) in [5, 5.41) is 0. The Labute approximate surface area is 87.0 Å². The van der Waals surface area contributed by atoms with Crippen molar-refractivity contribution in [2.24, 2.45) is 0 Å². The second kappa shape index (κ2) is 3.80. The molecule has 13 heavy (non-hydrogen) atoms. The Morgan fingerprint density at radius 1 is 1.38 bits per heavy atom. The first kappa shape index (κ1) is 10.7. The van der Waals surface area contributed by atoms with Crippen LogP contribution in [0.2, 0.25) is 0 Å². The average molecular weight is 263 g/mol. The van der Waals surface area contributed by atoms with Gasteiger partial charge >= 0.3 is 0 Å². The number of rotatable bonds is 2. The van der Waals surface area contributed by atoms with Crippen LogP contribution in [0.4, 0.5) is 0 Å². The molecule has 1 rings (SSSR count). The Morgan fingerprint density at radius 2 is 2.00 bits per heavy atom. The summed E-state index contributed by atoms with van der Waals surface area (Å²) >= 11 is 3.39. The van der Waals surface area contributed by atoms with Crippen LogP contribution in [0, 0.1) is 0 Å². The average Bonchev–Trinajstić information content (AvgIpc) is 2.03. The van der Waals surface area contributed by atoms with Crippen molar-refractivity contribution in [1.29, 1.82) is 0 Å². The van der Waals surface area contributed by atoms with Gasteiger partial charge in [-0.25, -0.2) is 8.42 Å². The molecule has 0 saturated heterocycles. The third-order valence-electron chi connectivity index (χ3n) is 1.75. The van der Waals surface area contributed by atoms with Crippen molar-refractivity contribution in [3.05, 3.63) is 29.8 Å². The van der Waals surface area contributed by atoms with Crippen LogP contribution in [-0.4, -0.2) is 14.7 Å². The van der Waals surface area contributed by atoms with Crippen molar-refractivity contribution >= 4 is 25.8 Å². The van der Waals surface area contributed by atoms with Crippen molar-refractivity contribution in [3.8, 4) is 0 Å². The van der Waals surface area contributed by atoms with E-state index in [4.69, 9.17) is 0 Å². The van der Waals surface area contributed by atoms with Gasteiger partial charge in [-0.3, -0.25) is 0 Å². The van der Waals surface area contributed by atoms with Gasteiger partial charge in [0.05, 0.1) is 4.90 Å². The molecule has 72 valence electrons. The highest BCUT2D eigenvalue weighted by Gasteiger charge is 2.08. The lowest BCUT2D eigenvalue weighted by atomic mass is 10.2. The first-order chi connectivity index (χ1) is 5.91. The van der Waals surface area contributed by atoms with Gasteiger partial charge in [-0.1, -0.05) is 28.1 Å². The number of hydrogen-bond acceptors (Lipinski definition) is 2. The Hall–Kier alpha value is -0.350. The zero-order valence-electron chi connectivity index (χ0n) is 7.49. The maximum absolute atomic E-state index is 11.2. The van der Waals surface area contributed by atoms with E-state index in [1.807, 2.05) is 13.0 Å². The lowest BCUT2D eigenvalue weighted by molar-refractivity contribution is 0.601. The lowest BCUT2D eigenvalue weighted by Gasteiger charge is -2.05. The van der Waals surface area contributed by atoms with Crippen LogP contribution in [0.5, 0.6) is 0 Å². The van der Waals surface area contributed by atoms with Gasteiger partial charge in [0.15, 0.2) is 9.84 Å². The number of hydrogen-bond donors (Lipinski definition) is 0. The van der Waals surface area contributed by atoms with Gasteiger partial charge in [-0.05, 0) is 24.6 Å². The van der Waals surface area contributed by atoms with E-state index in [2.05, 4.69) is 15.9 Å². The smallest absolute Gasteiger partial charge is 0.175 e. The van der Waals surface area contributed by atoms with E-state index < -0.39 is 9.84 Å². The van der Waals surface area contributed by atoms with Crippen molar-refractivity contribution in [2.45, 2.75) is 16.6 Å². The van der Waals surface area contributed by atoms with Crippen LogP contribution in [-0.2, 0) is 9.84 Å². The molecule has 4 heteroatoms. The van der Waals surface area contributed by atoms with E-state index in [0.717, 1.165) is 5.56 Å². The van der Waals surface area contributed by atoms with Gasteiger partial charge in [0, 0.05) is 11.1 Å². The summed E-state index contributed by atoms with van der Waals surface area (Å²) in [6.45, 7) is 1.96. The van der Waals surface area contributed by atoms with Gasteiger partial charge < -0.3 is 0 Å². The van der Waals surface area contributed by atoms with E-state index in [1.54, 1.807) is 18.2 Å². The van der Waals surface area contributed by atoms with Crippen LogP contribution in [0.25, 0.3) is 0 Å². The minimum Gasteiger partial charge on any atom is -0.224 e. The minimum atomic E-state index is -3.08. The zero-order chi connectivity index (χ0) is 10.1. The molecule has 0 fully saturated rings. The monoisotopic (exact) mass is 262 g/mol. The zero-order valence-corrected chi connectivity index (χ0v) is 9.89. The molecule has 0 radical (unpaired) electrons. The molecule has 0 N–H and O–H groups in total. The number of sulfone groups is 1. The lowest BCUT2D eigenvalue weighted by Crippen LogP contribution is -1.97. The van der Waals surface area contributed by atoms with E-state index in [-0.39, 0.29) is 4.83 Å². The molecule has 0 aliphatic carbocycles. The third kappa shape index (κ3) is 2.81. The van der Waals surface area contributed by atoms with Crippen molar-refractivity contribution in [3.63, 3.8) is 0 Å². The topological polar surface area (TPSA) is 34.1 Å². The summed E-state index contributed by atoms with van der Waals surface area (Å²) in [6, 6.07) is 6.94. The van der Waals surface area contributed by atoms with Gasteiger partial charge in [-0.2, -0.15) is 0 Å². The summed E-state index contributed by atoms with van der Waals surface area (Å²) in [5.41, 5.74) is 0.975. The van der Waals surface area contributed by atoms with E-state index in [9.17, 15) is 8.42 Å². The molecule has 0 spiro atoms. The largest absolute Gasteiger partial charge is 0.224 e. The molecular formula is C9H11BrO2S. The van der Waals surface area contributed by atoms with E-state index >= 15 is 0 Å². The second-order valence-corrected chi connectivity index (χ2v) is 6.35.